The van der Waals surface area contributed by atoms with Crippen molar-refractivity contribution in [1.82, 2.24) is 4.90 Å². The Bertz CT molecular complexity index is 451. The molecule has 3 nitrogen and oxygen atoms in total. The average molecular weight is 234 g/mol. The molecule has 4 heteroatoms. The Hall–Kier alpha value is -1.89. The van der Waals surface area contributed by atoms with E-state index in [0.717, 1.165) is 12.0 Å². The van der Waals surface area contributed by atoms with Crippen LogP contribution in [-0.2, 0) is 0 Å². The van der Waals surface area contributed by atoms with Crippen molar-refractivity contribution >= 4 is 5.91 Å². The summed E-state index contributed by atoms with van der Waals surface area (Å²) >= 11 is 0. The minimum atomic E-state index is -0.542. The maximum absolute atomic E-state index is 13.5. The van der Waals surface area contributed by atoms with E-state index in [0.29, 0.717) is 6.54 Å². The summed E-state index contributed by atoms with van der Waals surface area (Å²) in [5, 5.41) is 8.65. The van der Waals surface area contributed by atoms with Crippen molar-refractivity contribution in [1.29, 1.82) is 5.26 Å². The van der Waals surface area contributed by atoms with E-state index in [1.807, 2.05) is 13.0 Å². The predicted molar refractivity (Wildman–Crippen MR) is 62.9 cm³/mol. The highest BCUT2D eigenvalue weighted by molar-refractivity contribution is 5.94. The third kappa shape index (κ3) is 3.28. The summed E-state index contributed by atoms with van der Waals surface area (Å²) in [5.74, 6) is -0.964. The molecule has 0 spiro atoms. The minimum Gasteiger partial charge on any atom is -0.325 e. The van der Waals surface area contributed by atoms with Gasteiger partial charge < -0.3 is 4.90 Å². The number of hydrogen-bond acceptors (Lipinski definition) is 2. The molecule has 0 aliphatic carbocycles. The molecule has 0 saturated heterocycles. The number of aryl methyl sites for hydroxylation is 1. The van der Waals surface area contributed by atoms with E-state index in [1.165, 1.54) is 17.0 Å². The molecule has 0 fully saturated rings. The van der Waals surface area contributed by atoms with Gasteiger partial charge in [0.25, 0.3) is 5.91 Å². The second-order valence-electron chi connectivity index (χ2n) is 3.87. The van der Waals surface area contributed by atoms with Gasteiger partial charge in [0.05, 0.1) is 11.6 Å². The molecule has 17 heavy (non-hydrogen) atoms. The van der Waals surface area contributed by atoms with E-state index in [4.69, 9.17) is 5.26 Å². The number of nitriles is 1. The molecule has 0 atom stereocenters. The largest absolute Gasteiger partial charge is 0.325 e. The van der Waals surface area contributed by atoms with Gasteiger partial charge in [-0.2, -0.15) is 5.26 Å². The standard InChI is InChI=1S/C13H15FN2O/c1-3-7-16(8-6-15)13(17)11-9-10(2)4-5-12(11)14/h4-5,9H,3,7-8H2,1-2H3. The zero-order valence-corrected chi connectivity index (χ0v) is 10.0. The number of rotatable bonds is 4. The van der Waals surface area contributed by atoms with Crippen LogP contribution in [0.1, 0.15) is 29.3 Å². The lowest BCUT2D eigenvalue weighted by Crippen LogP contribution is -2.32. The molecule has 1 aromatic rings. The van der Waals surface area contributed by atoms with Gasteiger partial charge in [-0.05, 0) is 25.5 Å². The summed E-state index contributed by atoms with van der Waals surface area (Å²) < 4.78 is 13.5. The van der Waals surface area contributed by atoms with Crippen molar-refractivity contribution in [3.05, 3.63) is 35.1 Å². The van der Waals surface area contributed by atoms with Crippen LogP contribution in [0.2, 0.25) is 0 Å². The molecule has 0 radical (unpaired) electrons. The van der Waals surface area contributed by atoms with Crippen LogP contribution in [0, 0.1) is 24.1 Å². The SMILES string of the molecule is CCCN(CC#N)C(=O)c1cc(C)ccc1F. The molecular formula is C13H15FN2O. The Kier molecular flexibility index (Phi) is 4.65. The van der Waals surface area contributed by atoms with E-state index < -0.39 is 11.7 Å². The van der Waals surface area contributed by atoms with Crippen molar-refractivity contribution in [2.75, 3.05) is 13.1 Å². The number of amides is 1. The minimum absolute atomic E-state index is 0.0138. The average Bonchev–Trinajstić information content (AvgIpc) is 2.31. The Morgan fingerprint density at radius 1 is 1.53 bits per heavy atom. The fourth-order valence-corrected chi connectivity index (χ4v) is 1.58. The molecule has 0 aliphatic heterocycles. The first kappa shape index (κ1) is 13.2. The van der Waals surface area contributed by atoms with Gasteiger partial charge in [-0.3, -0.25) is 4.79 Å². The van der Waals surface area contributed by atoms with Crippen LogP contribution in [0.25, 0.3) is 0 Å². The molecule has 0 aliphatic rings. The molecule has 0 aromatic heterocycles. The molecule has 0 heterocycles. The van der Waals surface area contributed by atoms with Gasteiger partial charge in [-0.15, -0.1) is 0 Å². The van der Waals surface area contributed by atoms with E-state index in [-0.39, 0.29) is 12.1 Å². The third-order valence-corrected chi connectivity index (χ3v) is 2.39. The van der Waals surface area contributed by atoms with Crippen LogP contribution in [0.5, 0.6) is 0 Å². The van der Waals surface area contributed by atoms with Gasteiger partial charge in [-0.1, -0.05) is 18.6 Å². The van der Waals surface area contributed by atoms with E-state index in [2.05, 4.69) is 0 Å². The normalized spacial score (nSPS) is 9.76. The molecule has 0 N–H and O–H groups in total. The van der Waals surface area contributed by atoms with Gasteiger partial charge in [0.15, 0.2) is 0 Å². The first-order valence-electron chi connectivity index (χ1n) is 5.52. The van der Waals surface area contributed by atoms with Crippen molar-refractivity contribution in [3.8, 4) is 6.07 Å². The highest BCUT2D eigenvalue weighted by Gasteiger charge is 2.18. The summed E-state index contributed by atoms with van der Waals surface area (Å²) in [4.78, 5) is 13.4. The number of carbonyl (C=O) groups excluding carboxylic acids is 1. The quantitative estimate of drug-likeness (QED) is 0.751. The number of halogens is 1. The summed E-state index contributed by atoms with van der Waals surface area (Å²) in [6.45, 7) is 4.15. The Morgan fingerprint density at radius 3 is 2.82 bits per heavy atom. The van der Waals surface area contributed by atoms with Crippen LogP contribution < -0.4 is 0 Å². The van der Waals surface area contributed by atoms with Crippen molar-refractivity contribution in [3.63, 3.8) is 0 Å². The van der Waals surface area contributed by atoms with Crippen molar-refractivity contribution in [2.45, 2.75) is 20.3 Å². The highest BCUT2D eigenvalue weighted by atomic mass is 19.1. The van der Waals surface area contributed by atoms with Gasteiger partial charge in [-0.25, -0.2) is 4.39 Å². The Balaban J connectivity index is 3.00. The number of carbonyl (C=O) groups is 1. The summed E-state index contributed by atoms with van der Waals surface area (Å²) in [5.41, 5.74) is 0.858. The fourth-order valence-electron chi connectivity index (χ4n) is 1.58. The molecule has 90 valence electrons. The molecule has 1 amide bonds. The van der Waals surface area contributed by atoms with Crippen LogP contribution >= 0.6 is 0 Å². The summed E-state index contributed by atoms with van der Waals surface area (Å²) in [7, 11) is 0. The van der Waals surface area contributed by atoms with E-state index in [1.54, 1.807) is 13.0 Å². The van der Waals surface area contributed by atoms with Crippen LogP contribution in [-0.4, -0.2) is 23.9 Å². The number of nitrogens with zero attached hydrogens (tertiary/aromatic N) is 2. The van der Waals surface area contributed by atoms with E-state index >= 15 is 0 Å². The van der Waals surface area contributed by atoms with E-state index in [9.17, 15) is 9.18 Å². The fraction of sp³-hybridized carbons (Fsp3) is 0.385. The van der Waals surface area contributed by atoms with Gasteiger partial charge in [0, 0.05) is 6.54 Å². The lowest BCUT2D eigenvalue weighted by molar-refractivity contribution is 0.0771. The smallest absolute Gasteiger partial charge is 0.257 e. The van der Waals surface area contributed by atoms with Gasteiger partial charge in [0.2, 0.25) is 0 Å². The highest BCUT2D eigenvalue weighted by Crippen LogP contribution is 2.13. The Labute approximate surface area is 100 Å². The molecule has 1 rings (SSSR count). The Morgan fingerprint density at radius 2 is 2.24 bits per heavy atom. The zero-order chi connectivity index (χ0) is 12.8. The first-order valence-corrected chi connectivity index (χ1v) is 5.52. The summed E-state index contributed by atoms with van der Waals surface area (Å²) in [6.07, 6.45) is 0.737. The topological polar surface area (TPSA) is 44.1 Å². The maximum atomic E-state index is 13.5. The lowest BCUT2D eigenvalue weighted by atomic mass is 10.1. The zero-order valence-electron chi connectivity index (χ0n) is 10.0. The third-order valence-electron chi connectivity index (χ3n) is 2.39. The van der Waals surface area contributed by atoms with Gasteiger partial charge >= 0.3 is 0 Å². The molecule has 0 bridgehead atoms. The van der Waals surface area contributed by atoms with Crippen molar-refractivity contribution in [2.24, 2.45) is 0 Å². The maximum Gasteiger partial charge on any atom is 0.257 e. The predicted octanol–water partition coefficient (Wildman–Crippen LogP) is 2.51. The monoisotopic (exact) mass is 234 g/mol. The molecule has 0 saturated carbocycles. The second kappa shape index (κ2) is 6.00. The molecule has 1 aromatic carbocycles. The molecule has 0 unspecified atom stereocenters. The second-order valence-corrected chi connectivity index (χ2v) is 3.87. The van der Waals surface area contributed by atoms with Gasteiger partial charge in [0.1, 0.15) is 12.4 Å². The van der Waals surface area contributed by atoms with Crippen LogP contribution in [0.3, 0.4) is 0 Å². The number of hydrogen-bond donors (Lipinski definition) is 0. The molecular weight excluding hydrogens is 219 g/mol. The number of benzene rings is 1. The van der Waals surface area contributed by atoms with Crippen molar-refractivity contribution < 1.29 is 9.18 Å². The van der Waals surface area contributed by atoms with Crippen LogP contribution in [0.4, 0.5) is 4.39 Å². The lowest BCUT2D eigenvalue weighted by Gasteiger charge is -2.19. The first-order chi connectivity index (χ1) is 8.10. The summed E-state index contributed by atoms with van der Waals surface area (Å²) in [6, 6.07) is 6.32. The van der Waals surface area contributed by atoms with Crippen LogP contribution in [0.15, 0.2) is 18.2 Å².